The van der Waals surface area contributed by atoms with Crippen LogP contribution < -0.4 is 21.3 Å². The molecule has 0 spiro atoms. The lowest BCUT2D eigenvalue weighted by molar-refractivity contribution is 0.387. The fourth-order valence-electron chi connectivity index (χ4n) is 0.923. The van der Waals surface area contributed by atoms with E-state index in [4.69, 9.17) is 22.8 Å². The minimum absolute atomic E-state index is 0.136. The van der Waals surface area contributed by atoms with Gasteiger partial charge in [0.2, 0.25) is 0 Å². The standard InChI is InChI=1S/C8H10FN3OS/c1-13-6-4-2-3-5(7(6)9)11-8(14)12-10/h2-4H,10H2,1H3,(H2,11,12,14). The van der Waals surface area contributed by atoms with Crippen LogP contribution in [0.2, 0.25) is 0 Å². The highest BCUT2D eigenvalue weighted by atomic mass is 32.1. The van der Waals surface area contributed by atoms with E-state index >= 15 is 0 Å². The summed E-state index contributed by atoms with van der Waals surface area (Å²) in [5.41, 5.74) is 2.41. The maximum atomic E-state index is 13.5. The molecule has 0 saturated carbocycles. The first-order chi connectivity index (χ1) is 6.69. The van der Waals surface area contributed by atoms with Gasteiger partial charge in [-0.1, -0.05) is 6.07 Å². The van der Waals surface area contributed by atoms with Crippen molar-refractivity contribution in [2.24, 2.45) is 5.84 Å². The first kappa shape index (κ1) is 10.7. The molecule has 1 rings (SSSR count). The summed E-state index contributed by atoms with van der Waals surface area (Å²) in [5.74, 6) is 4.67. The second kappa shape index (κ2) is 4.73. The van der Waals surface area contributed by atoms with Crippen molar-refractivity contribution in [3.63, 3.8) is 0 Å². The van der Waals surface area contributed by atoms with E-state index in [0.717, 1.165) is 0 Å². The van der Waals surface area contributed by atoms with Crippen LogP contribution in [0.5, 0.6) is 5.75 Å². The number of hydrogen-bond acceptors (Lipinski definition) is 3. The molecule has 4 nitrogen and oxygen atoms in total. The number of thiocarbonyl (C=S) groups is 1. The SMILES string of the molecule is COc1cccc(NC(=S)NN)c1F. The third kappa shape index (κ3) is 2.30. The maximum Gasteiger partial charge on any atom is 0.188 e. The van der Waals surface area contributed by atoms with Gasteiger partial charge in [-0.25, -0.2) is 10.2 Å². The monoisotopic (exact) mass is 215 g/mol. The fraction of sp³-hybridized carbons (Fsp3) is 0.125. The van der Waals surface area contributed by atoms with E-state index in [1.165, 1.54) is 19.2 Å². The minimum atomic E-state index is -0.507. The predicted molar refractivity (Wildman–Crippen MR) is 56.5 cm³/mol. The number of hydrogen-bond donors (Lipinski definition) is 3. The summed E-state index contributed by atoms with van der Waals surface area (Å²) >= 11 is 4.72. The number of halogens is 1. The minimum Gasteiger partial charge on any atom is -0.494 e. The lowest BCUT2D eigenvalue weighted by atomic mass is 10.3. The third-order valence-corrected chi connectivity index (χ3v) is 1.78. The molecule has 76 valence electrons. The second-order valence-corrected chi connectivity index (χ2v) is 2.83. The highest BCUT2D eigenvalue weighted by molar-refractivity contribution is 7.80. The maximum absolute atomic E-state index is 13.5. The predicted octanol–water partition coefficient (Wildman–Crippen LogP) is 0.994. The largest absolute Gasteiger partial charge is 0.494 e. The smallest absolute Gasteiger partial charge is 0.188 e. The summed E-state index contributed by atoms with van der Waals surface area (Å²) in [4.78, 5) is 0. The molecule has 0 aliphatic carbocycles. The molecule has 0 unspecified atom stereocenters. The quantitative estimate of drug-likeness (QED) is 0.390. The summed E-state index contributed by atoms with van der Waals surface area (Å²) in [5, 5.41) is 2.71. The van der Waals surface area contributed by atoms with Crippen molar-refractivity contribution in [3.8, 4) is 5.75 Å². The number of ether oxygens (including phenoxy) is 1. The lowest BCUT2D eigenvalue weighted by Crippen LogP contribution is -2.34. The van der Waals surface area contributed by atoms with Crippen molar-refractivity contribution in [1.82, 2.24) is 5.43 Å². The van der Waals surface area contributed by atoms with Gasteiger partial charge in [0.15, 0.2) is 16.7 Å². The Hall–Kier alpha value is -1.40. The highest BCUT2D eigenvalue weighted by Gasteiger charge is 2.08. The van der Waals surface area contributed by atoms with Crippen LogP contribution in [0, 0.1) is 5.82 Å². The zero-order valence-electron chi connectivity index (χ0n) is 7.50. The second-order valence-electron chi connectivity index (χ2n) is 2.42. The lowest BCUT2D eigenvalue weighted by Gasteiger charge is -2.09. The Labute approximate surface area is 86.2 Å². The molecule has 0 heterocycles. The van der Waals surface area contributed by atoms with E-state index in [1.54, 1.807) is 6.07 Å². The van der Waals surface area contributed by atoms with E-state index in [-0.39, 0.29) is 16.5 Å². The number of methoxy groups -OCH3 is 1. The molecule has 0 atom stereocenters. The van der Waals surface area contributed by atoms with E-state index < -0.39 is 5.82 Å². The molecule has 0 aliphatic rings. The average Bonchev–Trinajstić information content (AvgIpc) is 2.21. The van der Waals surface area contributed by atoms with E-state index in [9.17, 15) is 4.39 Å². The molecule has 0 aromatic heterocycles. The van der Waals surface area contributed by atoms with Gasteiger partial charge in [0, 0.05) is 0 Å². The Kier molecular flexibility index (Phi) is 3.61. The van der Waals surface area contributed by atoms with Gasteiger partial charge >= 0.3 is 0 Å². The van der Waals surface area contributed by atoms with E-state index in [1.807, 2.05) is 0 Å². The summed E-state index contributed by atoms with van der Waals surface area (Å²) in [6, 6.07) is 4.68. The van der Waals surface area contributed by atoms with Crippen LogP contribution in [0.15, 0.2) is 18.2 Å². The number of hydrazine groups is 1. The summed E-state index contributed by atoms with van der Waals surface area (Å²) in [7, 11) is 1.39. The summed E-state index contributed by atoms with van der Waals surface area (Å²) in [6.45, 7) is 0. The number of benzene rings is 1. The van der Waals surface area contributed by atoms with Crippen LogP contribution in [-0.4, -0.2) is 12.2 Å². The number of rotatable bonds is 2. The Morgan fingerprint density at radius 3 is 2.86 bits per heavy atom. The fourth-order valence-corrected chi connectivity index (χ4v) is 1.03. The topological polar surface area (TPSA) is 59.3 Å². The van der Waals surface area contributed by atoms with Crippen molar-refractivity contribution >= 4 is 23.0 Å². The van der Waals surface area contributed by atoms with Crippen LogP contribution in [0.1, 0.15) is 0 Å². The highest BCUT2D eigenvalue weighted by Crippen LogP contribution is 2.23. The van der Waals surface area contributed by atoms with Crippen molar-refractivity contribution in [1.29, 1.82) is 0 Å². The molecule has 6 heteroatoms. The molecule has 0 fully saturated rings. The first-order valence-electron chi connectivity index (χ1n) is 3.79. The number of nitrogens with one attached hydrogen (secondary N) is 2. The Balaban J connectivity index is 2.92. The first-order valence-corrected chi connectivity index (χ1v) is 4.20. The van der Waals surface area contributed by atoms with Gasteiger partial charge in [0.25, 0.3) is 0 Å². The van der Waals surface area contributed by atoms with Crippen LogP contribution in [0.25, 0.3) is 0 Å². The van der Waals surface area contributed by atoms with Gasteiger partial charge < -0.3 is 15.5 Å². The van der Waals surface area contributed by atoms with Gasteiger partial charge in [-0.2, -0.15) is 0 Å². The van der Waals surface area contributed by atoms with Crippen molar-refractivity contribution in [2.75, 3.05) is 12.4 Å². The zero-order valence-corrected chi connectivity index (χ0v) is 8.32. The Bertz CT molecular complexity index is 345. The van der Waals surface area contributed by atoms with Gasteiger partial charge in [0.1, 0.15) is 0 Å². The van der Waals surface area contributed by atoms with E-state index in [2.05, 4.69) is 10.7 Å². The van der Waals surface area contributed by atoms with Gasteiger partial charge in [-0.05, 0) is 24.4 Å². The molecular weight excluding hydrogens is 205 g/mol. The van der Waals surface area contributed by atoms with Crippen LogP contribution in [0.4, 0.5) is 10.1 Å². The molecule has 0 radical (unpaired) electrons. The molecule has 4 N–H and O–H groups in total. The molecule has 0 saturated heterocycles. The molecule has 1 aromatic rings. The normalized spacial score (nSPS) is 9.36. The Morgan fingerprint density at radius 1 is 1.57 bits per heavy atom. The Morgan fingerprint density at radius 2 is 2.29 bits per heavy atom. The van der Waals surface area contributed by atoms with Crippen molar-refractivity contribution in [2.45, 2.75) is 0 Å². The van der Waals surface area contributed by atoms with Crippen LogP contribution >= 0.6 is 12.2 Å². The third-order valence-electron chi connectivity index (χ3n) is 1.56. The zero-order chi connectivity index (χ0) is 10.6. The number of nitrogens with two attached hydrogens (primary N) is 1. The van der Waals surface area contributed by atoms with Crippen molar-refractivity contribution in [3.05, 3.63) is 24.0 Å². The number of anilines is 1. The molecule has 14 heavy (non-hydrogen) atoms. The average molecular weight is 215 g/mol. The summed E-state index contributed by atoms with van der Waals surface area (Å²) in [6.07, 6.45) is 0. The van der Waals surface area contributed by atoms with Crippen LogP contribution in [-0.2, 0) is 0 Å². The van der Waals surface area contributed by atoms with E-state index in [0.29, 0.717) is 0 Å². The molecule has 1 aromatic carbocycles. The van der Waals surface area contributed by atoms with Crippen LogP contribution in [0.3, 0.4) is 0 Å². The van der Waals surface area contributed by atoms with Gasteiger partial charge in [-0.15, -0.1) is 0 Å². The van der Waals surface area contributed by atoms with Gasteiger partial charge in [-0.3, -0.25) is 0 Å². The molecule has 0 amide bonds. The summed E-state index contributed by atoms with van der Waals surface area (Å²) < 4.78 is 18.2. The molecular formula is C8H10FN3OS. The van der Waals surface area contributed by atoms with Crippen molar-refractivity contribution < 1.29 is 9.13 Å². The van der Waals surface area contributed by atoms with Gasteiger partial charge in [0.05, 0.1) is 12.8 Å². The molecule has 0 aliphatic heterocycles. The molecule has 0 bridgehead atoms.